The minimum atomic E-state index is 0.0250. The highest BCUT2D eigenvalue weighted by Crippen LogP contribution is 2.55. The third kappa shape index (κ3) is 2.62. The van der Waals surface area contributed by atoms with Gasteiger partial charge >= 0.3 is 0 Å². The number of rotatable bonds is 1. The Balaban J connectivity index is 1.88. The number of benzene rings is 2. The molecule has 1 N–H and O–H groups in total. The molecule has 1 heterocycles. The quantitative estimate of drug-likeness (QED) is 0.367. The first-order valence-corrected chi connectivity index (χ1v) is 9.42. The maximum Gasteiger partial charge on any atom is 0.0656 e. The van der Waals surface area contributed by atoms with Gasteiger partial charge in [-0.3, -0.25) is 0 Å². The van der Waals surface area contributed by atoms with E-state index in [9.17, 15) is 0 Å². The molecule has 6 heteroatoms. The van der Waals surface area contributed by atoms with Crippen LogP contribution in [-0.4, -0.2) is 0 Å². The number of fused-ring (bicyclic) bond motifs is 3. The number of hydrogen-bond acceptors (Lipinski definition) is 1. The normalized spacial score (nSPS) is 24.5. The zero-order valence-electron chi connectivity index (χ0n) is 12.3. The van der Waals surface area contributed by atoms with E-state index >= 15 is 0 Å². The Morgan fingerprint density at radius 1 is 0.917 bits per heavy atom. The molecule has 2 aliphatic rings. The zero-order valence-corrected chi connectivity index (χ0v) is 16.1. The van der Waals surface area contributed by atoms with Gasteiger partial charge in [0, 0.05) is 21.5 Å². The predicted octanol–water partition coefficient (Wildman–Crippen LogP) is 7.78. The van der Waals surface area contributed by atoms with Crippen molar-refractivity contribution in [2.75, 3.05) is 5.32 Å². The van der Waals surface area contributed by atoms with E-state index in [0.29, 0.717) is 31.0 Å². The largest absolute Gasteiger partial charge is 0.376 e. The first kappa shape index (κ1) is 16.9. The fourth-order valence-corrected chi connectivity index (χ4v) is 5.06. The van der Waals surface area contributed by atoms with E-state index in [4.69, 9.17) is 58.0 Å². The summed E-state index contributed by atoms with van der Waals surface area (Å²) in [6, 6.07) is 7.29. The summed E-state index contributed by atoms with van der Waals surface area (Å²) in [5.74, 6) is 0.449. The van der Waals surface area contributed by atoms with Crippen molar-refractivity contribution in [1.82, 2.24) is 0 Å². The van der Waals surface area contributed by atoms with Crippen molar-refractivity contribution in [2.24, 2.45) is 5.92 Å². The Morgan fingerprint density at radius 2 is 1.71 bits per heavy atom. The van der Waals surface area contributed by atoms with Gasteiger partial charge in [-0.25, -0.2) is 0 Å². The molecule has 3 atom stereocenters. The molecule has 2 aromatic rings. The third-order valence-electron chi connectivity index (χ3n) is 4.78. The molecule has 0 fully saturated rings. The molecule has 24 heavy (non-hydrogen) atoms. The predicted molar refractivity (Wildman–Crippen MR) is 104 cm³/mol. The molecule has 0 radical (unpaired) electrons. The van der Waals surface area contributed by atoms with Gasteiger partial charge in [-0.05, 0) is 36.1 Å². The summed E-state index contributed by atoms with van der Waals surface area (Å²) in [5.41, 5.74) is 2.80. The van der Waals surface area contributed by atoms with Crippen molar-refractivity contribution >= 4 is 63.7 Å². The monoisotopic (exact) mass is 417 g/mol. The van der Waals surface area contributed by atoms with E-state index in [0.717, 1.165) is 23.2 Å². The SMILES string of the molecule is Clc1ccc(C2Nc3c(Cl)cc(Cl)c(Cl)c3C3C=CCC32)c(Cl)c1. The van der Waals surface area contributed by atoms with Crippen molar-refractivity contribution in [3.8, 4) is 0 Å². The van der Waals surface area contributed by atoms with E-state index < -0.39 is 0 Å². The molecule has 2 aromatic carbocycles. The second kappa shape index (κ2) is 6.30. The van der Waals surface area contributed by atoms with E-state index in [1.807, 2.05) is 12.1 Å². The number of halogens is 5. The van der Waals surface area contributed by atoms with Gasteiger partial charge < -0.3 is 5.32 Å². The Kier molecular flexibility index (Phi) is 4.43. The van der Waals surface area contributed by atoms with E-state index in [1.165, 1.54) is 0 Å². The number of nitrogens with one attached hydrogen (secondary N) is 1. The highest BCUT2D eigenvalue weighted by Gasteiger charge is 2.41. The van der Waals surface area contributed by atoms with Crippen LogP contribution in [0, 0.1) is 5.92 Å². The highest BCUT2D eigenvalue weighted by atomic mass is 35.5. The minimum Gasteiger partial charge on any atom is -0.376 e. The first-order chi connectivity index (χ1) is 11.5. The fourth-order valence-electron chi connectivity index (χ4n) is 3.72. The van der Waals surface area contributed by atoms with Crippen LogP contribution in [0.2, 0.25) is 25.1 Å². The summed E-state index contributed by atoms with van der Waals surface area (Å²) in [6.45, 7) is 0. The van der Waals surface area contributed by atoms with Gasteiger partial charge in [-0.15, -0.1) is 0 Å². The van der Waals surface area contributed by atoms with Gasteiger partial charge in [-0.2, -0.15) is 0 Å². The van der Waals surface area contributed by atoms with E-state index in [-0.39, 0.29) is 12.0 Å². The second-order valence-corrected chi connectivity index (χ2v) is 8.12. The molecule has 4 rings (SSSR count). The fraction of sp³-hybridized carbons (Fsp3) is 0.222. The second-order valence-electron chi connectivity index (χ2n) is 6.08. The Morgan fingerprint density at radius 3 is 2.46 bits per heavy atom. The molecule has 0 bridgehead atoms. The van der Waals surface area contributed by atoms with Crippen LogP contribution in [0.3, 0.4) is 0 Å². The van der Waals surface area contributed by atoms with Crippen LogP contribution < -0.4 is 5.32 Å². The molecule has 1 nitrogen and oxygen atoms in total. The maximum absolute atomic E-state index is 6.49. The lowest BCUT2D eigenvalue weighted by molar-refractivity contribution is 0.426. The Hall–Kier alpha value is -0.570. The molecular weight excluding hydrogens is 407 g/mol. The highest BCUT2D eigenvalue weighted by molar-refractivity contribution is 6.44. The lowest BCUT2D eigenvalue weighted by atomic mass is 9.77. The summed E-state index contributed by atoms with van der Waals surface area (Å²) in [4.78, 5) is 0. The van der Waals surface area contributed by atoms with Crippen molar-refractivity contribution in [3.05, 3.63) is 72.7 Å². The molecule has 0 saturated carbocycles. The maximum atomic E-state index is 6.49. The van der Waals surface area contributed by atoms with Crippen LogP contribution in [-0.2, 0) is 0 Å². The summed E-state index contributed by atoms with van der Waals surface area (Å²) in [6.07, 6.45) is 5.29. The lowest BCUT2D eigenvalue weighted by Crippen LogP contribution is -2.29. The Labute approximate surface area is 165 Å². The van der Waals surface area contributed by atoms with Gasteiger partial charge in [0.25, 0.3) is 0 Å². The van der Waals surface area contributed by atoms with Gasteiger partial charge in [0.15, 0.2) is 0 Å². The van der Waals surface area contributed by atoms with Crippen molar-refractivity contribution in [2.45, 2.75) is 18.4 Å². The molecule has 1 aliphatic carbocycles. The summed E-state index contributed by atoms with van der Waals surface area (Å²) in [5, 5.41) is 6.40. The van der Waals surface area contributed by atoms with Crippen LogP contribution >= 0.6 is 58.0 Å². The number of allylic oxidation sites excluding steroid dienone is 2. The van der Waals surface area contributed by atoms with E-state index in [1.54, 1.807) is 12.1 Å². The average Bonchev–Trinajstić information content (AvgIpc) is 3.01. The third-order valence-corrected chi connectivity index (χ3v) is 6.44. The van der Waals surface area contributed by atoms with Crippen molar-refractivity contribution in [3.63, 3.8) is 0 Å². The number of hydrogen-bond donors (Lipinski definition) is 1. The van der Waals surface area contributed by atoms with Crippen LogP contribution in [0.15, 0.2) is 36.4 Å². The molecule has 1 aliphatic heterocycles. The van der Waals surface area contributed by atoms with Crippen LogP contribution in [0.5, 0.6) is 0 Å². The molecule has 3 unspecified atom stereocenters. The minimum absolute atomic E-state index is 0.0250. The molecule has 0 amide bonds. The van der Waals surface area contributed by atoms with Gasteiger partial charge in [0.2, 0.25) is 0 Å². The number of anilines is 1. The van der Waals surface area contributed by atoms with Crippen LogP contribution in [0.25, 0.3) is 0 Å². The smallest absolute Gasteiger partial charge is 0.0656 e. The molecular formula is C18H12Cl5N. The van der Waals surface area contributed by atoms with E-state index in [2.05, 4.69) is 17.5 Å². The van der Waals surface area contributed by atoms with Crippen molar-refractivity contribution in [1.29, 1.82) is 0 Å². The summed E-state index contributed by atoms with van der Waals surface area (Å²) >= 11 is 31.7. The topological polar surface area (TPSA) is 12.0 Å². The zero-order chi connectivity index (χ0) is 17.0. The van der Waals surface area contributed by atoms with Crippen LogP contribution in [0.1, 0.15) is 29.5 Å². The van der Waals surface area contributed by atoms with Crippen LogP contribution in [0.4, 0.5) is 5.69 Å². The van der Waals surface area contributed by atoms with Crippen molar-refractivity contribution < 1.29 is 0 Å². The first-order valence-electron chi connectivity index (χ1n) is 7.53. The van der Waals surface area contributed by atoms with Gasteiger partial charge in [0.05, 0.1) is 26.8 Å². The molecule has 0 spiro atoms. The van der Waals surface area contributed by atoms with Gasteiger partial charge in [0.1, 0.15) is 0 Å². The summed E-state index contributed by atoms with van der Waals surface area (Å²) < 4.78 is 0. The lowest BCUT2D eigenvalue weighted by Gasteiger charge is -2.39. The summed E-state index contributed by atoms with van der Waals surface area (Å²) in [7, 11) is 0. The standard InChI is InChI=1S/C18H12Cl5N/c19-8-4-5-11(12(20)6-8)17-10-3-1-2-9(10)15-16(23)13(21)7-14(22)18(15)24-17/h1-2,4-7,9-10,17,24H,3H2. The molecule has 124 valence electrons. The molecule has 0 saturated heterocycles. The Bertz CT molecular complexity index is 861. The molecule has 0 aromatic heterocycles. The average molecular weight is 420 g/mol. The van der Waals surface area contributed by atoms with Gasteiger partial charge in [-0.1, -0.05) is 76.2 Å².